The number of anilines is 2. The molecule has 0 saturated carbocycles. The highest BCUT2D eigenvalue weighted by Crippen LogP contribution is 2.40. The van der Waals surface area contributed by atoms with Crippen molar-refractivity contribution >= 4 is 28.7 Å². The number of aliphatic imine (C=N–C) groups is 1. The maximum Gasteiger partial charge on any atom is 0.243 e. The number of fused-ring (bicyclic) bond motifs is 2. The van der Waals surface area contributed by atoms with Crippen molar-refractivity contribution in [2.45, 2.75) is 57.2 Å². The highest BCUT2D eigenvalue weighted by molar-refractivity contribution is 5.96. The van der Waals surface area contributed by atoms with Crippen molar-refractivity contribution < 1.29 is 17.6 Å². The van der Waals surface area contributed by atoms with E-state index >= 15 is 4.39 Å². The minimum Gasteiger partial charge on any atom is -0.382 e. The summed E-state index contributed by atoms with van der Waals surface area (Å²) in [7, 11) is 1.86. The van der Waals surface area contributed by atoms with Gasteiger partial charge in [0.25, 0.3) is 0 Å². The Labute approximate surface area is 205 Å². The van der Waals surface area contributed by atoms with Gasteiger partial charge in [0.15, 0.2) is 11.6 Å². The molecule has 2 aliphatic heterocycles. The lowest BCUT2D eigenvalue weighted by Gasteiger charge is -2.32. The van der Waals surface area contributed by atoms with Crippen LogP contribution in [0.5, 0.6) is 0 Å². The van der Waals surface area contributed by atoms with Crippen LogP contribution < -0.4 is 11.1 Å². The highest BCUT2D eigenvalue weighted by Gasteiger charge is 2.30. The molecule has 3 N–H and O–H groups in total. The zero-order valence-corrected chi connectivity index (χ0v) is 20.1. The summed E-state index contributed by atoms with van der Waals surface area (Å²) in [6.45, 7) is 2.87. The Morgan fingerprint density at radius 1 is 1.25 bits per heavy atom. The number of halogens is 4. The number of nitrogens with two attached hydrogens (primary N) is 1. The highest BCUT2D eigenvalue weighted by atomic mass is 19.3. The van der Waals surface area contributed by atoms with E-state index in [2.05, 4.69) is 25.4 Å². The number of nitrogens with zero attached hydrogens (tertiary/aromatic N) is 6. The van der Waals surface area contributed by atoms with Gasteiger partial charge in [-0.25, -0.2) is 27.1 Å². The van der Waals surface area contributed by atoms with Crippen LogP contribution in [0.25, 0.3) is 16.8 Å². The van der Waals surface area contributed by atoms with Crippen molar-refractivity contribution in [2.75, 3.05) is 31.2 Å². The summed E-state index contributed by atoms with van der Waals surface area (Å²) < 4.78 is 56.2. The Bertz CT molecular complexity index is 1310. The van der Waals surface area contributed by atoms with Crippen LogP contribution in [0.2, 0.25) is 0 Å². The number of alkyl halides is 3. The van der Waals surface area contributed by atoms with E-state index < -0.39 is 24.5 Å². The predicted octanol–water partition coefficient (Wildman–Crippen LogP) is 4.59. The number of pyridine rings is 1. The molecule has 1 unspecified atom stereocenters. The molecule has 0 radical (unpaired) electrons. The number of nitrogen functional groups attached to an aromatic ring is 1. The van der Waals surface area contributed by atoms with Crippen LogP contribution in [0.1, 0.15) is 44.2 Å². The number of likely N-dealkylation sites (tertiary alicyclic amines) is 1. The average molecular weight is 505 g/mol. The number of nitrogens with one attached hydrogen (secondary N) is 1. The molecular formula is C24H28F4N8. The van der Waals surface area contributed by atoms with Gasteiger partial charge >= 0.3 is 0 Å². The Hall–Kier alpha value is -3.28. The number of hydrogen-bond donors (Lipinski definition) is 2. The molecule has 5 rings (SSSR count). The normalized spacial score (nSPS) is 22.3. The molecule has 3 atom stereocenters. The second kappa shape index (κ2) is 9.64. The van der Waals surface area contributed by atoms with Crippen molar-refractivity contribution in [1.29, 1.82) is 0 Å². The summed E-state index contributed by atoms with van der Waals surface area (Å²) in [4.78, 5) is 15.4. The fourth-order valence-corrected chi connectivity index (χ4v) is 5.02. The molecular weight excluding hydrogens is 476 g/mol. The zero-order chi connectivity index (χ0) is 25.6. The third-order valence-electron chi connectivity index (χ3n) is 6.88. The van der Waals surface area contributed by atoms with E-state index in [9.17, 15) is 13.2 Å². The Morgan fingerprint density at radius 3 is 2.81 bits per heavy atom. The van der Waals surface area contributed by atoms with Crippen molar-refractivity contribution in [1.82, 2.24) is 24.5 Å². The molecule has 3 aromatic rings. The van der Waals surface area contributed by atoms with Crippen molar-refractivity contribution in [3.8, 4) is 11.3 Å². The fraction of sp³-hybridized carbons (Fsp3) is 0.500. The topological polar surface area (TPSA) is 96.7 Å². The molecule has 0 bridgehead atoms. The molecule has 0 amide bonds. The largest absolute Gasteiger partial charge is 0.382 e. The number of hydrogen-bond acceptors (Lipinski definition) is 7. The second-order valence-electron chi connectivity index (χ2n) is 9.51. The molecule has 3 aromatic heterocycles. The maximum atomic E-state index is 15.2. The molecule has 2 aliphatic rings. The lowest BCUT2D eigenvalue weighted by atomic mass is 9.94. The first-order valence-corrected chi connectivity index (χ1v) is 12.0. The summed E-state index contributed by atoms with van der Waals surface area (Å²) in [6.07, 6.45) is -1.08. The summed E-state index contributed by atoms with van der Waals surface area (Å²) in [5.74, 6) is -0.655. The Balaban J connectivity index is 1.45. The van der Waals surface area contributed by atoms with Crippen molar-refractivity contribution in [3.05, 3.63) is 29.8 Å². The molecule has 8 nitrogen and oxygen atoms in total. The quantitative estimate of drug-likeness (QED) is 0.457. The van der Waals surface area contributed by atoms with E-state index in [4.69, 9.17) is 5.73 Å². The lowest BCUT2D eigenvalue weighted by molar-refractivity contribution is 0.134. The summed E-state index contributed by atoms with van der Waals surface area (Å²) >= 11 is 0. The van der Waals surface area contributed by atoms with Crippen LogP contribution in [0, 0.1) is 5.82 Å². The van der Waals surface area contributed by atoms with Gasteiger partial charge in [-0.05, 0) is 45.4 Å². The van der Waals surface area contributed by atoms with E-state index in [1.165, 1.54) is 10.7 Å². The third kappa shape index (κ3) is 4.61. The van der Waals surface area contributed by atoms with E-state index in [1.54, 1.807) is 12.1 Å². The van der Waals surface area contributed by atoms with E-state index in [-0.39, 0.29) is 35.2 Å². The fourth-order valence-electron chi connectivity index (χ4n) is 5.02. The number of piperidine rings is 1. The molecule has 0 spiro atoms. The first-order valence-electron chi connectivity index (χ1n) is 12.0. The Kier molecular flexibility index (Phi) is 6.54. The zero-order valence-electron chi connectivity index (χ0n) is 20.1. The SMILES string of the molecule is CC1=Nc2ccc(-c3c(F)cn4nc(N[C@H]5CCN(C)C[C@H]5F)nc(N)c34)nc2C1CCCC(F)F. The van der Waals surface area contributed by atoms with Crippen LogP contribution in [-0.2, 0) is 0 Å². The monoisotopic (exact) mass is 504 g/mol. The van der Waals surface area contributed by atoms with E-state index in [1.807, 2.05) is 18.9 Å². The summed E-state index contributed by atoms with van der Waals surface area (Å²) in [5, 5.41) is 7.31. The first-order chi connectivity index (χ1) is 17.2. The van der Waals surface area contributed by atoms with E-state index in [0.717, 1.165) is 12.3 Å². The van der Waals surface area contributed by atoms with Gasteiger partial charge in [0.1, 0.15) is 11.7 Å². The molecule has 0 aliphatic carbocycles. The summed E-state index contributed by atoms with van der Waals surface area (Å²) in [5.41, 5.74) is 9.01. The first kappa shape index (κ1) is 24.4. The number of rotatable bonds is 7. The van der Waals surface area contributed by atoms with E-state index in [0.29, 0.717) is 42.9 Å². The maximum absolute atomic E-state index is 15.2. The predicted molar refractivity (Wildman–Crippen MR) is 130 cm³/mol. The van der Waals surface area contributed by atoms with Gasteiger partial charge in [-0.2, -0.15) is 4.98 Å². The molecule has 36 heavy (non-hydrogen) atoms. The lowest BCUT2D eigenvalue weighted by Crippen LogP contribution is -2.46. The van der Waals surface area contributed by atoms with Crippen LogP contribution in [-0.4, -0.2) is 69.0 Å². The smallest absolute Gasteiger partial charge is 0.243 e. The van der Waals surface area contributed by atoms with Crippen LogP contribution in [0.15, 0.2) is 23.3 Å². The minimum atomic E-state index is -2.36. The van der Waals surface area contributed by atoms with Gasteiger partial charge in [-0.1, -0.05) is 0 Å². The standard InChI is InChI=1S/C24H28F4N8/c1-12-13(4-3-5-19(27)28)21-18(30-12)7-6-17(31-21)20-15(26)11-36-22(20)23(29)33-24(34-36)32-16-8-9-35(2)10-14(16)25/h6-7,11,13-14,16,19H,3-5,8-10H2,1-2H3,(H3,29,32,33,34)/t13?,14-,16+/m1/s1. The molecule has 0 aromatic carbocycles. The third-order valence-corrected chi connectivity index (χ3v) is 6.88. The number of aromatic nitrogens is 4. The molecule has 5 heterocycles. The van der Waals surface area contributed by atoms with Crippen molar-refractivity contribution in [3.63, 3.8) is 0 Å². The van der Waals surface area contributed by atoms with Crippen LogP contribution >= 0.6 is 0 Å². The molecule has 192 valence electrons. The van der Waals surface area contributed by atoms with Gasteiger partial charge in [0.05, 0.1) is 34.9 Å². The van der Waals surface area contributed by atoms with Gasteiger partial charge in [-0.15, -0.1) is 5.10 Å². The van der Waals surface area contributed by atoms with Gasteiger partial charge < -0.3 is 16.0 Å². The minimum absolute atomic E-state index is 0.0259. The van der Waals surface area contributed by atoms with Gasteiger partial charge in [0, 0.05) is 31.1 Å². The van der Waals surface area contributed by atoms with Crippen molar-refractivity contribution in [2.24, 2.45) is 4.99 Å². The average Bonchev–Trinajstić information content (AvgIpc) is 3.31. The van der Waals surface area contributed by atoms with Crippen LogP contribution in [0.3, 0.4) is 0 Å². The summed E-state index contributed by atoms with van der Waals surface area (Å²) in [6, 6.07) is 2.92. The molecule has 1 saturated heterocycles. The van der Waals surface area contributed by atoms with Crippen LogP contribution in [0.4, 0.5) is 35.0 Å². The Morgan fingerprint density at radius 2 is 2.06 bits per heavy atom. The van der Waals surface area contributed by atoms with Gasteiger partial charge in [0.2, 0.25) is 12.4 Å². The molecule has 12 heteroatoms. The second-order valence-corrected chi connectivity index (χ2v) is 9.51. The molecule has 1 fully saturated rings. The van der Waals surface area contributed by atoms with Gasteiger partial charge in [-0.3, -0.25) is 4.99 Å².